The van der Waals surface area contributed by atoms with Gasteiger partial charge in [-0.15, -0.1) is 0 Å². The molecule has 0 radical (unpaired) electrons. The standard InChI is InChI=1S/C17H34N2/c1-3-5-9-12-19-14-16(4-2)18-13-17(19)15-10-7-6-8-11-15/h15-18H,3-14H2,1-2H3. The highest BCUT2D eigenvalue weighted by Crippen LogP contribution is 2.30. The molecular weight excluding hydrogens is 232 g/mol. The second-order valence-corrected chi connectivity index (χ2v) is 6.68. The molecule has 0 bridgehead atoms. The molecule has 19 heavy (non-hydrogen) atoms. The summed E-state index contributed by atoms with van der Waals surface area (Å²) in [6, 6.07) is 1.57. The molecule has 2 nitrogen and oxygen atoms in total. The molecule has 2 unspecified atom stereocenters. The molecule has 1 aliphatic carbocycles. The molecule has 2 aliphatic rings. The Morgan fingerprint density at radius 3 is 2.53 bits per heavy atom. The van der Waals surface area contributed by atoms with Crippen molar-refractivity contribution in [3.8, 4) is 0 Å². The van der Waals surface area contributed by atoms with Gasteiger partial charge in [0.15, 0.2) is 0 Å². The normalized spacial score (nSPS) is 30.6. The number of hydrogen-bond donors (Lipinski definition) is 1. The van der Waals surface area contributed by atoms with Crippen LogP contribution in [0.4, 0.5) is 0 Å². The second-order valence-electron chi connectivity index (χ2n) is 6.68. The molecule has 1 heterocycles. The van der Waals surface area contributed by atoms with E-state index in [0.29, 0.717) is 0 Å². The van der Waals surface area contributed by atoms with Crippen LogP contribution in [0.3, 0.4) is 0 Å². The van der Waals surface area contributed by atoms with Gasteiger partial charge in [-0.25, -0.2) is 0 Å². The molecule has 112 valence electrons. The van der Waals surface area contributed by atoms with Crippen LogP contribution < -0.4 is 5.32 Å². The topological polar surface area (TPSA) is 15.3 Å². The Hall–Kier alpha value is -0.0800. The van der Waals surface area contributed by atoms with Crippen molar-refractivity contribution in [2.45, 2.75) is 83.7 Å². The van der Waals surface area contributed by atoms with Crippen molar-refractivity contribution >= 4 is 0 Å². The minimum Gasteiger partial charge on any atom is -0.311 e. The summed E-state index contributed by atoms with van der Waals surface area (Å²) >= 11 is 0. The van der Waals surface area contributed by atoms with Crippen molar-refractivity contribution in [2.75, 3.05) is 19.6 Å². The average molecular weight is 266 g/mol. The van der Waals surface area contributed by atoms with Gasteiger partial charge < -0.3 is 5.32 Å². The highest BCUT2D eigenvalue weighted by atomic mass is 15.2. The zero-order chi connectivity index (χ0) is 13.5. The minimum absolute atomic E-state index is 0.737. The molecule has 0 aromatic heterocycles. The first kappa shape index (κ1) is 15.3. The van der Waals surface area contributed by atoms with Gasteiger partial charge in [-0.2, -0.15) is 0 Å². The lowest BCUT2D eigenvalue weighted by atomic mass is 9.82. The van der Waals surface area contributed by atoms with E-state index >= 15 is 0 Å². The highest BCUT2D eigenvalue weighted by Gasteiger charge is 2.32. The monoisotopic (exact) mass is 266 g/mol. The molecule has 2 atom stereocenters. The van der Waals surface area contributed by atoms with Gasteiger partial charge in [0.05, 0.1) is 0 Å². The van der Waals surface area contributed by atoms with Crippen molar-refractivity contribution in [3.05, 3.63) is 0 Å². The summed E-state index contributed by atoms with van der Waals surface area (Å²) < 4.78 is 0. The number of nitrogens with zero attached hydrogens (tertiary/aromatic N) is 1. The average Bonchev–Trinajstić information content (AvgIpc) is 2.48. The number of hydrogen-bond acceptors (Lipinski definition) is 2. The van der Waals surface area contributed by atoms with Gasteiger partial charge in [-0.1, -0.05) is 46.0 Å². The molecule has 0 amide bonds. The summed E-state index contributed by atoms with van der Waals surface area (Å²) in [5.41, 5.74) is 0. The maximum Gasteiger partial charge on any atom is 0.0249 e. The first-order valence-electron chi connectivity index (χ1n) is 8.82. The SMILES string of the molecule is CCCCCN1CC(CC)NCC1C1CCCCC1. The lowest BCUT2D eigenvalue weighted by molar-refractivity contribution is 0.0694. The van der Waals surface area contributed by atoms with Crippen molar-refractivity contribution in [3.63, 3.8) is 0 Å². The highest BCUT2D eigenvalue weighted by molar-refractivity contribution is 4.90. The molecule has 0 spiro atoms. The van der Waals surface area contributed by atoms with E-state index in [4.69, 9.17) is 0 Å². The molecule has 1 saturated carbocycles. The number of nitrogens with one attached hydrogen (secondary N) is 1. The summed E-state index contributed by atoms with van der Waals surface area (Å²) in [5.74, 6) is 0.973. The third-order valence-corrected chi connectivity index (χ3v) is 5.28. The molecule has 2 fully saturated rings. The van der Waals surface area contributed by atoms with Gasteiger partial charge in [0, 0.05) is 25.2 Å². The van der Waals surface area contributed by atoms with Gasteiger partial charge >= 0.3 is 0 Å². The second kappa shape index (κ2) is 8.26. The van der Waals surface area contributed by atoms with Crippen LogP contribution in [0.25, 0.3) is 0 Å². The van der Waals surface area contributed by atoms with Crippen LogP contribution in [-0.4, -0.2) is 36.6 Å². The van der Waals surface area contributed by atoms with Crippen LogP contribution in [-0.2, 0) is 0 Å². The van der Waals surface area contributed by atoms with Gasteiger partial charge in [-0.05, 0) is 38.1 Å². The Bertz CT molecular complexity index is 235. The Kier molecular flexibility index (Phi) is 6.66. The fourth-order valence-electron chi connectivity index (χ4n) is 3.98. The Morgan fingerprint density at radius 2 is 1.84 bits per heavy atom. The first-order valence-corrected chi connectivity index (χ1v) is 8.82. The van der Waals surface area contributed by atoms with E-state index in [1.807, 2.05) is 0 Å². The summed E-state index contributed by atoms with van der Waals surface area (Å²) in [7, 11) is 0. The molecule has 2 heteroatoms. The van der Waals surface area contributed by atoms with Crippen LogP contribution in [0.1, 0.15) is 71.6 Å². The van der Waals surface area contributed by atoms with E-state index in [9.17, 15) is 0 Å². The van der Waals surface area contributed by atoms with Crippen LogP contribution in [0.2, 0.25) is 0 Å². The Morgan fingerprint density at radius 1 is 1.05 bits per heavy atom. The van der Waals surface area contributed by atoms with E-state index in [1.165, 1.54) is 77.4 Å². The maximum atomic E-state index is 3.79. The number of rotatable bonds is 6. The van der Waals surface area contributed by atoms with Crippen molar-refractivity contribution in [1.82, 2.24) is 10.2 Å². The Balaban J connectivity index is 1.89. The zero-order valence-corrected chi connectivity index (χ0v) is 13.2. The molecule has 1 N–H and O–H groups in total. The first-order chi connectivity index (χ1) is 9.35. The number of piperazine rings is 1. The third-order valence-electron chi connectivity index (χ3n) is 5.28. The quantitative estimate of drug-likeness (QED) is 0.736. The van der Waals surface area contributed by atoms with E-state index in [2.05, 4.69) is 24.1 Å². The summed E-state index contributed by atoms with van der Waals surface area (Å²) in [5, 5.41) is 3.79. The van der Waals surface area contributed by atoms with Gasteiger partial charge in [0.1, 0.15) is 0 Å². The van der Waals surface area contributed by atoms with Crippen LogP contribution in [0, 0.1) is 5.92 Å². The Labute approximate surface area is 120 Å². The van der Waals surface area contributed by atoms with Gasteiger partial charge in [0.2, 0.25) is 0 Å². The van der Waals surface area contributed by atoms with E-state index in [0.717, 1.165) is 18.0 Å². The fourth-order valence-corrected chi connectivity index (χ4v) is 3.98. The third kappa shape index (κ3) is 4.46. The van der Waals surface area contributed by atoms with E-state index in [-0.39, 0.29) is 0 Å². The molecule has 0 aromatic rings. The number of unbranched alkanes of at least 4 members (excludes halogenated alkanes) is 2. The fraction of sp³-hybridized carbons (Fsp3) is 1.00. The molecule has 1 saturated heterocycles. The predicted octanol–water partition coefficient (Wildman–Crippen LogP) is 3.81. The summed E-state index contributed by atoms with van der Waals surface area (Å²) in [4.78, 5) is 2.84. The van der Waals surface area contributed by atoms with E-state index < -0.39 is 0 Å². The van der Waals surface area contributed by atoms with Gasteiger partial charge in [-0.3, -0.25) is 4.90 Å². The zero-order valence-electron chi connectivity index (χ0n) is 13.2. The summed E-state index contributed by atoms with van der Waals surface area (Å²) in [6.07, 6.45) is 12.8. The molecule has 0 aromatic carbocycles. The lowest BCUT2D eigenvalue weighted by Crippen LogP contribution is -2.59. The van der Waals surface area contributed by atoms with Crippen molar-refractivity contribution < 1.29 is 0 Å². The maximum absolute atomic E-state index is 3.79. The smallest absolute Gasteiger partial charge is 0.0249 e. The van der Waals surface area contributed by atoms with Crippen LogP contribution >= 0.6 is 0 Å². The van der Waals surface area contributed by atoms with E-state index in [1.54, 1.807) is 0 Å². The summed E-state index contributed by atoms with van der Waals surface area (Å²) in [6.45, 7) is 8.51. The van der Waals surface area contributed by atoms with Gasteiger partial charge in [0.25, 0.3) is 0 Å². The van der Waals surface area contributed by atoms with Crippen LogP contribution in [0.5, 0.6) is 0 Å². The lowest BCUT2D eigenvalue weighted by Gasteiger charge is -2.45. The molecule has 2 rings (SSSR count). The van der Waals surface area contributed by atoms with Crippen molar-refractivity contribution in [2.24, 2.45) is 5.92 Å². The largest absolute Gasteiger partial charge is 0.311 e. The minimum atomic E-state index is 0.737. The molecular formula is C17H34N2. The van der Waals surface area contributed by atoms with Crippen LogP contribution in [0.15, 0.2) is 0 Å². The predicted molar refractivity (Wildman–Crippen MR) is 83.5 cm³/mol. The van der Waals surface area contributed by atoms with Crippen molar-refractivity contribution in [1.29, 1.82) is 0 Å². The molecule has 1 aliphatic heterocycles.